The maximum Gasteiger partial charge on any atom is 0.234 e. The molecule has 1 amide bonds. The van der Waals surface area contributed by atoms with Crippen LogP contribution >= 0.6 is 23.1 Å². The van der Waals surface area contributed by atoms with Gasteiger partial charge >= 0.3 is 0 Å². The molecule has 0 atom stereocenters. The van der Waals surface area contributed by atoms with E-state index in [4.69, 9.17) is 0 Å². The number of aromatic nitrogens is 3. The number of thioether (sulfide) groups is 1. The van der Waals surface area contributed by atoms with Gasteiger partial charge in [0.05, 0.1) is 27.5 Å². The van der Waals surface area contributed by atoms with E-state index in [0.717, 1.165) is 40.2 Å². The largest absolute Gasteiger partial charge is 0.333 e. The summed E-state index contributed by atoms with van der Waals surface area (Å²) in [6, 6.07) is 9.53. The lowest BCUT2D eigenvalue weighted by molar-refractivity contribution is -0.113. The van der Waals surface area contributed by atoms with Crippen LogP contribution in [0.15, 0.2) is 46.9 Å². The maximum atomic E-state index is 13.3. The van der Waals surface area contributed by atoms with Crippen LogP contribution in [-0.2, 0) is 4.79 Å². The predicted octanol–water partition coefficient (Wildman–Crippen LogP) is 5.00. The fraction of sp³-hybridized carbons (Fsp3) is 0.105. The van der Waals surface area contributed by atoms with E-state index in [0.29, 0.717) is 21.9 Å². The minimum atomic E-state index is -0.955. The minimum absolute atomic E-state index is 0.102. The first-order valence-corrected chi connectivity index (χ1v) is 10.1. The molecule has 0 saturated carbocycles. The number of hydrogen-bond donors (Lipinski definition) is 2. The number of benzene rings is 2. The molecule has 4 rings (SSSR count). The number of imidazole rings is 1. The van der Waals surface area contributed by atoms with Gasteiger partial charge in [-0.2, -0.15) is 0 Å². The Morgan fingerprint density at radius 2 is 2.04 bits per heavy atom. The molecular formula is C19H14F2N4OS2. The summed E-state index contributed by atoms with van der Waals surface area (Å²) in [6.07, 6.45) is 0. The fourth-order valence-electron chi connectivity index (χ4n) is 2.63. The summed E-state index contributed by atoms with van der Waals surface area (Å²) >= 11 is 2.72. The SMILES string of the molecule is Cc1nc(-c2cccc(NC(=O)CSc3nc4cc(F)c(F)cc4[nH]3)c2)cs1. The van der Waals surface area contributed by atoms with Crippen LogP contribution in [0, 0.1) is 18.6 Å². The molecule has 0 saturated heterocycles. The molecule has 28 heavy (non-hydrogen) atoms. The first-order chi connectivity index (χ1) is 13.5. The lowest BCUT2D eigenvalue weighted by Crippen LogP contribution is -2.14. The summed E-state index contributed by atoms with van der Waals surface area (Å²) < 4.78 is 26.5. The molecule has 4 aromatic rings. The standard InChI is InChI=1S/C19H14F2N4OS2/c1-10-22-17(8-27-10)11-3-2-4-12(5-11)23-18(26)9-28-19-24-15-6-13(20)14(21)7-16(15)25-19/h2-8H,9H2,1H3,(H,23,26)(H,24,25). The maximum absolute atomic E-state index is 13.3. The van der Waals surface area contributed by atoms with E-state index >= 15 is 0 Å². The van der Waals surface area contributed by atoms with Gasteiger partial charge in [0.1, 0.15) is 0 Å². The van der Waals surface area contributed by atoms with Gasteiger partial charge in [-0.15, -0.1) is 11.3 Å². The van der Waals surface area contributed by atoms with E-state index in [1.54, 1.807) is 17.4 Å². The topological polar surface area (TPSA) is 70.7 Å². The molecule has 0 unspecified atom stereocenters. The van der Waals surface area contributed by atoms with Gasteiger partial charge in [-0.25, -0.2) is 18.7 Å². The first-order valence-electron chi connectivity index (χ1n) is 8.28. The highest BCUT2D eigenvalue weighted by Crippen LogP contribution is 2.25. The lowest BCUT2D eigenvalue weighted by atomic mass is 10.1. The van der Waals surface area contributed by atoms with Gasteiger partial charge in [-0.1, -0.05) is 23.9 Å². The summed E-state index contributed by atoms with van der Waals surface area (Å²) in [7, 11) is 0. The third-order valence-electron chi connectivity index (χ3n) is 3.90. The van der Waals surface area contributed by atoms with Gasteiger partial charge in [-0.05, 0) is 19.1 Å². The van der Waals surface area contributed by atoms with Crippen molar-refractivity contribution in [2.75, 3.05) is 11.1 Å². The van der Waals surface area contributed by atoms with Crippen LogP contribution in [0.25, 0.3) is 22.3 Å². The van der Waals surface area contributed by atoms with Crippen molar-refractivity contribution < 1.29 is 13.6 Å². The molecule has 0 aliphatic rings. The molecule has 2 aromatic carbocycles. The van der Waals surface area contributed by atoms with Gasteiger partial charge in [0, 0.05) is 28.8 Å². The summed E-state index contributed by atoms with van der Waals surface area (Å²) in [5.41, 5.74) is 3.16. The van der Waals surface area contributed by atoms with Crippen LogP contribution in [0.4, 0.5) is 14.5 Å². The van der Waals surface area contributed by atoms with E-state index in [1.165, 1.54) is 0 Å². The van der Waals surface area contributed by atoms with Crippen LogP contribution in [0.3, 0.4) is 0 Å². The Labute approximate surface area is 167 Å². The smallest absolute Gasteiger partial charge is 0.234 e. The van der Waals surface area contributed by atoms with Crippen molar-refractivity contribution in [3.63, 3.8) is 0 Å². The molecule has 0 bridgehead atoms. The Balaban J connectivity index is 1.41. The highest BCUT2D eigenvalue weighted by atomic mass is 32.2. The molecule has 2 N–H and O–H groups in total. The summed E-state index contributed by atoms with van der Waals surface area (Å²) in [6.45, 7) is 1.94. The molecule has 0 aliphatic heterocycles. The number of nitrogens with zero attached hydrogens (tertiary/aromatic N) is 2. The van der Waals surface area contributed by atoms with Gasteiger partial charge < -0.3 is 10.3 Å². The number of aromatic amines is 1. The zero-order valence-electron chi connectivity index (χ0n) is 14.6. The third kappa shape index (κ3) is 4.05. The summed E-state index contributed by atoms with van der Waals surface area (Å²) in [5.74, 6) is -2.01. The average molecular weight is 416 g/mol. The Morgan fingerprint density at radius 1 is 1.21 bits per heavy atom. The molecular weight excluding hydrogens is 402 g/mol. The number of anilines is 1. The van der Waals surface area contributed by atoms with Crippen LogP contribution in [0.5, 0.6) is 0 Å². The molecule has 2 heterocycles. The number of carbonyl (C=O) groups excluding carboxylic acids is 1. The van der Waals surface area contributed by atoms with Crippen molar-refractivity contribution in [2.45, 2.75) is 12.1 Å². The number of amides is 1. The number of aryl methyl sites for hydroxylation is 1. The van der Waals surface area contributed by atoms with Gasteiger partial charge in [0.25, 0.3) is 0 Å². The minimum Gasteiger partial charge on any atom is -0.333 e. The number of H-pyrrole nitrogens is 1. The zero-order valence-corrected chi connectivity index (χ0v) is 16.3. The monoisotopic (exact) mass is 416 g/mol. The second kappa shape index (κ2) is 7.69. The lowest BCUT2D eigenvalue weighted by Gasteiger charge is -2.06. The normalized spacial score (nSPS) is 11.1. The van der Waals surface area contributed by atoms with E-state index < -0.39 is 11.6 Å². The van der Waals surface area contributed by atoms with E-state index in [9.17, 15) is 13.6 Å². The number of hydrogen-bond acceptors (Lipinski definition) is 5. The molecule has 9 heteroatoms. The number of nitrogens with one attached hydrogen (secondary N) is 2. The van der Waals surface area contributed by atoms with Gasteiger partial charge in [0.2, 0.25) is 5.91 Å². The number of rotatable bonds is 5. The predicted molar refractivity (Wildman–Crippen MR) is 108 cm³/mol. The van der Waals surface area contributed by atoms with Crippen LogP contribution < -0.4 is 5.32 Å². The molecule has 142 valence electrons. The number of carbonyl (C=O) groups is 1. The van der Waals surface area contributed by atoms with Crippen molar-refractivity contribution in [3.05, 3.63) is 58.4 Å². The Kier molecular flexibility index (Phi) is 5.10. The van der Waals surface area contributed by atoms with E-state index in [-0.39, 0.29) is 11.7 Å². The van der Waals surface area contributed by atoms with Crippen molar-refractivity contribution in [3.8, 4) is 11.3 Å². The quantitative estimate of drug-likeness (QED) is 0.449. The molecule has 0 fully saturated rings. The van der Waals surface area contributed by atoms with Crippen molar-refractivity contribution in [2.24, 2.45) is 0 Å². The highest BCUT2D eigenvalue weighted by molar-refractivity contribution is 7.99. The Morgan fingerprint density at radius 3 is 2.82 bits per heavy atom. The first kappa shape index (κ1) is 18.6. The number of thiazole rings is 1. The molecule has 2 aromatic heterocycles. The summed E-state index contributed by atoms with van der Waals surface area (Å²) in [4.78, 5) is 23.7. The van der Waals surface area contributed by atoms with Crippen LogP contribution in [0.2, 0.25) is 0 Å². The van der Waals surface area contributed by atoms with Crippen LogP contribution in [-0.4, -0.2) is 26.6 Å². The molecule has 0 aliphatic carbocycles. The van der Waals surface area contributed by atoms with Gasteiger partial charge in [-0.3, -0.25) is 4.79 Å². The zero-order chi connectivity index (χ0) is 19.7. The average Bonchev–Trinajstić information content (AvgIpc) is 3.26. The van der Waals surface area contributed by atoms with Crippen LogP contribution in [0.1, 0.15) is 5.01 Å². The van der Waals surface area contributed by atoms with Crippen molar-refractivity contribution in [1.82, 2.24) is 15.0 Å². The number of fused-ring (bicyclic) bond motifs is 1. The van der Waals surface area contributed by atoms with Gasteiger partial charge in [0.15, 0.2) is 16.8 Å². The fourth-order valence-corrected chi connectivity index (χ4v) is 3.94. The molecule has 0 radical (unpaired) electrons. The van der Waals surface area contributed by atoms with Crippen molar-refractivity contribution in [1.29, 1.82) is 0 Å². The molecule has 5 nitrogen and oxygen atoms in total. The second-order valence-electron chi connectivity index (χ2n) is 5.99. The Hall–Kier alpha value is -2.78. The van der Waals surface area contributed by atoms with Crippen molar-refractivity contribution >= 4 is 45.7 Å². The highest BCUT2D eigenvalue weighted by Gasteiger charge is 2.11. The van der Waals surface area contributed by atoms with E-state index in [2.05, 4.69) is 20.3 Å². The third-order valence-corrected chi connectivity index (χ3v) is 5.55. The molecule has 0 spiro atoms. The second-order valence-corrected chi connectivity index (χ2v) is 8.02. The van der Waals surface area contributed by atoms with E-state index in [1.807, 2.05) is 30.5 Å². The summed E-state index contributed by atoms with van der Waals surface area (Å²) in [5, 5.41) is 6.20. The Bertz CT molecular complexity index is 1130. The number of halogens is 2.